The monoisotopic (exact) mass is 230 g/mol. The first kappa shape index (κ1) is 13.5. The minimum Gasteiger partial charge on any atom is -0.479 e. The van der Waals surface area contributed by atoms with E-state index in [1.807, 2.05) is 6.92 Å². The summed E-state index contributed by atoms with van der Waals surface area (Å²) in [5.74, 6) is -0.859. The molecule has 1 rings (SSSR count). The molecular formula is C12H22O4. The van der Waals surface area contributed by atoms with E-state index in [-0.39, 0.29) is 17.9 Å². The first-order valence-corrected chi connectivity index (χ1v) is 5.82. The first-order chi connectivity index (χ1) is 7.34. The van der Waals surface area contributed by atoms with Crippen LogP contribution in [0, 0.1) is 11.3 Å². The van der Waals surface area contributed by atoms with Crippen LogP contribution >= 0.6 is 0 Å². The van der Waals surface area contributed by atoms with Crippen LogP contribution < -0.4 is 0 Å². The second kappa shape index (κ2) is 4.72. The van der Waals surface area contributed by atoms with Crippen molar-refractivity contribution in [1.29, 1.82) is 0 Å². The lowest BCUT2D eigenvalue weighted by Crippen LogP contribution is -2.44. The summed E-state index contributed by atoms with van der Waals surface area (Å²) in [6.07, 6.45) is 1.89. The number of ether oxygens (including phenoxy) is 1. The van der Waals surface area contributed by atoms with Crippen molar-refractivity contribution in [2.24, 2.45) is 11.3 Å². The molecule has 0 amide bonds. The maximum Gasteiger partial charge on any atom is 0.336 e. The van der Waals surface area contributed by atoms with Gasteiger partial charge in [0.25, 0.3) is 0 Å². The molecule has 16 heavy (non-hydrogen) atoms. The van der Waals surface area contributed by atoms with Crippen molar-refractivity contribution in [2.45, 2.75) is 45.6 Å². The Bertz CT molecular complexity index is 262. The molecule has 4 heteroatoms. The Morgan fingerprint density at radius 3 is 2.50 bits per heavy atom. The smallest absolute Gasteiger partial charge is 0.336 e. The minimum absolute atomic E-state index is 0.0109. The molecule has 2 N–H and O–H groups in total. The number of carboxylic acid groups (broad SMARTS) is 1. The molecule has 0 aromatic carbocycles. The summed E-state index contributed by atoms with van der Waals surface area (Å²) in [6, 6.07) is 0. The van der Waals surface area contributed by atoms with Gasteiger partial charge in [-0.05, 0) is 30.6 Å². The molecule has 4 nitrogen and oxygen atoms in total. The molecule has 0 heterocycles. The highest BCUT2D eigenvalue weighted by Gasteiger charge is 2.54. The lowest BCUT2D eigenvalue weighted by molar-refractivity contribution is -0.172. The third-order valence-corrected chi connectivity index (χ3v) is 3.42. The van der Waals surface area contributed by atoms with Crippen molar-refractivity contribution in [2.75, 3.05) is 13.2 Å². The predicted molar refractivity (Wildman–Crippen MR) is 60.2 cm³/mol. The molecular weight excluding hydrogens is 208 g/mol. The van der Waals surface area contributed by atoms with E-state index < -0.39 is 11.6 Å². The lowest BCUT2D eigenvalue weighted by Gasteiger charge is -2.30. The maximum atomic E-state index is 11.4. The van der Waals surface area contributed by atoms with Crippen LogP contribution in [0.4, 0.5) is 0 Å². The largest absolute Gasteiger partial charge is 0.479 e. The fourth-order valence-corrected chi connectivity index (χ4v) is 2.81. The van der Waals surface area contributed by atoms with Crippen LogP contribution in [0.25, 0.3) is 0 Å². The highest BCUT2D eigenvalue weighted by atomic mass is 16.5. The van der Waals surface area contributed by atoms with Gasteiger partial charge >= 0.3 is 5.97 Å². The molecule has 0 aromatic heterocycles. The number of hydrogen-bond donors (Lipinski definition) is 2. The number of rotatable bonds is 5. The summed E-state index contributed by atoms with van der Waals surface area (Å²) in [5.41, 5.74) is -1.05. The van der Waals surface area contributed by atoms with Crippen molar-refractivity contribution in [3.63, 3.8) is 0 Å². The normalized spacial score (nSPS) is 32.9. The molecule has 0 saturated heterocycles. The van der Waals surface area contributed by atoms with Crippen LogP contribution in [0.15, 0.2) is 0 Å². The van der Waals surface area contributed by atoms with E-state index in [0.29, 0.717) is 19.4 Å². The highest BCUT2D eigenvalue weighted by molar-refractivity contribution is 5.78. The molecule has 2 atom stereocenters. The quantitative estimate of drug-likeness (QED) is 0.705. The van der Waals surface area contributed by atoms with Gasteiger partial charge < -0.3 is 14.9 Å². The SMILES string of the molecule is CC1CC(C)(C)CC1(OCCCO)C(=O)O. The average Bonchev–Trinajstić information content (AvgIpc) is 2.37. The molecule has 0 aliphatic heterocycles. The molecule has 0 radical (unpaired) electrons. The van der Waals surface area contributed by atoms with Gasteiger partial charge in [0.1, 0.15) is 0 Å². The van der Waals surface area contributed by atoms with Crippen LogP contribution in [0.5, 0.6) is 0 Å². The number of carbonyl (C=O) groups is 1. The lowest BCUT2D eigenvalue weighted by atomic mass is 9.89. The van der Waals surface area contributed by atoms with Crippen LogP contribution in [-0.2, 0) is 9.53 Å². The van der Waals surface area contributed by atoms with E-state index in [1.165, 1.54) is 0 Å². The van der Waals surface area contributed by atoms with Crippen LogP contribution in [0.3, 0.4) is 0 Å². The van der Waals surface area contributed by atoms with Crippen molar-refractivity contribution in [3.8, 4) is 0 Å². The Morgan fingerprint density at radius 2 is 2.12 bits per heavy atom. The van der Waals surface area contributed by atoms with E-state index in [9.17, 15) is 9.90 Å². The molecule has 0 aromatic rings. The van der Waals surface area contributed by atoms with Gasteiger partial charge in [0, 0.05) is 6.61 Å². The summed E-state index contributed by atoms with van der Waals surface area (Å²) in [5, 5.41) is 18.1. The van der Waals surface area contributed by atoms with E-state index >= 15 is 0 Å². The first-order valence-electron chi connectivity index (χ1n) is 5.82. The molecule has 1 aliphatic carbocycles. The second-order valence-electron chi connectivity index (χ2n) is 5.57. The third kappa shape index (κ3) is 2.55. The molecule has 94 valence electrons. The van der Waals surface area contributed by atoms with Gasteiger partial charge in [-0.2, -0.15) is 0 Å². The summed E-state index contributed by atoms with van der Waals surface area (Å²) in [4.78, 5) is 11.4. The summed E-state index contributed by atoms with van der Waals surface area (Å²) in [7, 11) is 0. The van der Waals surface area contributed by atoms with Gasteiger partial charge in [-0.3, -0.25) is 0 Å². The van der Waals surface area contributed by atoms with Crippen molar-refractivity contribution < 1.29 is 19.7 Å². The van der Waals surface area contributed by atoms with E-state index in [2.05, 4.69) is 13.8 Å². The van der Waals surface area contributed by atoms with Crippen molar-refractivity contribution >= 4 is 5.97 Å². The Kier molecular flexibility index (Phi) is 3.97. The summed E-state index contributed by atoms with van der Waals surface area (Å²) in [6.45, 7) is 6.42. The van der Waals surface area contributed by atoms with Crippen LogP contribution in [0.1, 0.15) is 40.0 Å². The third-order valence-electron chi connectivity index (χ3n) is 3.42. The van der Waals surface area contributed by atoms with Crippen molar-refractivity contribution in [3.05, 3.63) is 0 Å². The van der Waals surface area contributed by atoms with Crippen LogP contribution in [0.2, 0.25) is 0 Å². The molecule has 2 unspecified atom stereocenters. The van der Waals surface area contributed by atoms with Gasteiger partial charge in [-0.15, -0.1) is 0 Å². The zero-order valence-electron chi connectivity index (χ0n) is 10.3. The van der Waals surface area contributed by atoms with Gasteiger partial charge in [-0.1, -0.05) is 20.8 Å². The number of aliphatic carboxylic acids is 1. The Hall–Kier alpha value is -0.610. The number of carboxylic acids is 1. The highest BCUT2D eigenvalue weighted by Crippen LogP contribution is 2.49. The van der Waals surface area contributed by atoms with E-state index in [4.69, 9.17) is 9.84 Å². The summed E-state index contributed by atoms with van der Waals surface area (Å²) < 4.78 is 5.58. The fraction of sp³-hybridized carbons (Fsp3) is 0.917. The molecule has 1 saturated carbocycles. The maximum absolute atomic E-state index is 11.4. The fourth-order valence-electron chi connectivity index (χ4n) is 2.81. The number of aliphatic hydroxyl groups excluding tert-OH is 1. The van der Waals surface area contributed by atoms with Gasteiger partial charge in [0.15, 0.2) is 5.60 Å². The average molecular weight is 230 g/mol. The zero-order chi connectivity index (χ0) is 12.4. The summed E-state index contributed by atoms with van der Waals surface area (Å²) >= 11 is 0. The topological polar surface area (TPSA) is 66.8 Å². The standard InChI is InChI=1S/C12H22O4/c1-9-7-11(2,3)8-12(9,10(14)15)16-6-4-5-13/h9,13H,4-8H2,1-3H3,(H,14,15). The molecule has 0 bridgehead atoms. The second-order valence-corrected chi connectivity index (χ2v) is 5.57. The molecule has 0 spiro atoms. The Morgan fingerprint density at radius 1 is 1.50 bits per heavy atom. The zero-order valence-corrected chi connectivity index (χ0v) is 10.3. The van der Waals surface area contributed by atoms with E-state index in [1.54, 1.807) is 0 Å². The predicted octanol–water partition coefficient (Wildman–Crippen LogP) is 1.66. The number of hydrogen-bond acceptors (Lipinski definition) is 3. The number of aliphatic hydroxyl groups is 1. The van der Waals surface area contributed by atoms with Gasteiger partial charge in [0.05, 0.1) is 6.61 Å². The van der Waals surface area contributed by atoms with Gasteiger partial charge in [-0.25, -0.2) is 4.79 Å². The Labute approximate surface area is 96.6 Å². The van der Waals surface area contributed by atoms with Gasteiger partial charge in [0.2, 0.25) is 0 Å². The molecule has 1 aliphatic rings. The molecule has 1 fully saturated rings. The van der Waals surface area contributed by atoms with E-state index in [0.717, 1.165) is 6.42 Å². The van der Waals surface area contributed by atoms with Crippen molar-refractivity contribution in [1.82, 2.24) is 0 Å². The minimum atomic E-state index is -1.06. The Balaban J connectivity index is 2.77. The van der Waals surface area contributed by atoms with Crippen LogP contribution in [-0.4, -0.2) is 35.0 Å².